The van der Waals surface area contributed by atoms with Gasteiger partial charge in [-0.1, -0.05) is 17.3 Å². The molecule has 1 aliphatic heterocycles. The third-order valence-corrected chi connectivity index (χ3v) is 4.40. The SMILES string of the molecule is COC(=O)[C@@H](c1ccc(F)cc1)N1CCC(c2nc(C)no2)CC1. The largest absolute Gasteiger partial charge is 0.468 e. The molecule has 0 bridgehead atoms. The Labute approximate surface area is 139 Å². The first-order chi connectivity index (χ1) is 11.6. The molecule has 1 saturated heterocycles. The molecule has 7 heteroatoms. The molecule has 0 saturated carbocycles. The summed E-state index contributed by atoms with van der Waals surface area (Å²) in [5.74, 6) is 0.824. The normalized spacial score (nSPS) is 17.6. The van der Waals surface area contributed by atoms with Crippen LogP contribution in [0.15, 0.2) is 28.8 Å². The Morgan fingerprint density at radius 2 is 2.00 bits per heavy atom. The molecule has 0 aliphatic carbocycles. The van der Waals surface area contributed by atoms with Crippen molar-refractivity contribution in [3.05, 3.63) is 47.4 Å². The molecule has 2 heterocycles. The van der Waals surface area contributed by atoms with Crippen molar-refractivity contribution in [3.8, 4) is 0 Å². The Balaban J connectivity index is 1.73. The van der Waals surface area contributed by atoms with E-state index in [1.54, 1.807) is 19.1 Å². The highest BCUT2D eigenvalue weighted by Crippen LogP contribution is 2.32. The summed E-state index contributed by atoms with van der Waals surface area (Å²) in [6, 6.07) is 5.45. The highest BCUT2D eigenvalue weighted by Gasteiger charge is 2.33. The van der Waals surface area contributed by atoms with Gasteiger partial charge in [0.25, 0.3) is 0 Å². The maximum atomic E-state index is 13.2. The van der Waals surface area contributed by atoms with E-state index in [9.17, 15) is 9.18 Å². The molecule has 0 N–H and O–H groups in total. The van der Waals surface area contributed by atoms with Crippen LogP contribution in [0.2, 0.25) is 0 Å². The first-order valence-corrected chi connectivity index (χ1v) is 7.96. The highest BCUT2D eigenvalue weighted by molar-refractivity contribution is 5.77. The van der Waals surface area contributed by atoms with E-state index in [0.717, 1.165) is 18.4 Å². The van der Waals surface area contributed by atoms with Crippen LogP contribution in [-0.2, 0) is 9.53 Å². The number of hydrogen-bond acceptors (Lipinski definition) is 6. The summed E-state index contributed by atoms with van der Waals surface area (Å²) < 4.78 is 23.4. The van der Waals surface area contributed by atoms with Crippen LogP contribution >= 0.6 is 0 Å². The number of aryl methyl sites for hydroxylation is 1. The second-order valence-corrected chi connectivity index (χ2v) is 5.97. The summed E-state index contributed by atoms with van der Waals surface area (Å²) >= 11 is 0. The van der Waals surface area contributed by atoms with E-state index in [2.05, 4.69) is 15.0 Å². The van der Waals surface area contributed by atoms with Crippen molar-refractivity contribution in [3.63, 3.8) is 0 Å². The third kappa shape index (κ3) is 3.46. The molecule has 128 valence electrons. The van der Waals surface area contributed by atoms with E-state index in [-0.39, 0.29) is 17.7 Å². The first-order valence-electron chi connectivity index (χ1n) is 7.96. The fourth-order valence-electron chi connectivity index (χ4n) is 3.14. The monoisotopic (exact) mass is 333 g/mol. The van der Waals surface area contributed by atoms with Gasteiger partial charge in [0.05, 0.1) is 7.11 Å². The standard InChI is InChI=1S/C17H20FN3O3/c1-11-19-16(24-20-11)13-7-9-21(10-8-13)15(17(22)23-2)12-3-5-14(18)6-4-12/h3-6,13,15H,7-10H2,1-2H3/t15-/m1/s1. The highest BCUT2D eigenvalue weighted by atomic mass is 19.1. The minimum absolute atomic E-state index is 0.203. The second kappa shape index (κ2) is 7.09. The van der Waals surface area contributed by atoms with E-state index < -0.39 is 6.04 Å². The van der Waals surface area contributed by atoms with Crippen molar-refractivity contribution in [1.29, 1.82) is 0 Å². The summed E-state index contributed by atoms with van der Waals surface area (Å²) in [6.07, 6.45) is 1.63. The van der Waals surface area contributed by atoms with Gasteiger partial charge in [0.1, 0.15) is 11.9 Å². The number of nitrogens with zero attached hydrogens (tertiary/aromatic N) is 3. The number of ether oxygens (including phenoxy) is 1. The lowest BCUT2D eigenvalue weighted by molar-refractivity contribution is -0.147. The van der Waals surface area contributed by atoms with E-state index in [0.29, 0.717) is 24.8 Å². The van der Waals surface area contributed by atoms with Gasteiger partial charge in [0.15, 0.2) is 5.82 Å². The van der Waals surface area contributed by atoms with Crippen LogP contribution in [-0.4, -0.2) is 41.2 Å². The van der Waals surface area contributed by atoms with Crippen molar-refractivity contribution in [2.45, 2.75) is 31.7 Å². The number of rotatable bonds is 4. The Morgan fingerprint density at radius 1 is 1.33 bits per heavy atom. The molecule has 1 aliphatic rings. The van der Waals surface area contributed by atoms with Crippen LogP contribution in [0.25, 0.3) is 0 Å². The number of esters is 1. The lowest BCUT2D eigenvalue weighted by Gasteiger charge is -2.35. The average molecular weight is 333 g/mol. The van der Waals surface area contributed by atoms with E-state index in [1.807, 2.05) is 0 Å². The maximum Gasteiger partial charge on any atom is 0.327 e. The lowest BCUT2D eigenvalue weighted by atomic mass is 9.94. The minimum Gasteiger partial charge on any atom is -0.468 e. The van der Waals surface area contributed by atoms with Crippen LogP contribution in [0.5, 0.6) is 0 Å². The number of likely N-dealkylation sites (tertiary alicyclic amines) is 1. The molecule has 0 amide bonds. The van der Waals surface area contributed by atoms with Gasteiger partial charge in [-0.25, -0.2) is 9.18 Å². The molecule has 2 aromatic rings. The van der Waals surface area contributed by atoms with Crippen molar-refractivity contribution < 1.29 is 18.4 Å². The van der Waals surface area contributed by atoms with Gasteiger partial charge in [-0.15, -0.1) is 0 Å². The number of hydrogen-bond donors (Lipinski definition) is 0. The van der Waals surface area contributed by atoms with Gasteiger partial charge in [0.2, 0.25) is 5.89 Å². The van der Waals surface area contributed by atoms with Gasteiger partial charge in [-0.3, -0.25) is 4.90 Å². The summed E-state index contributed by atoms with van der Waals surface area (Å²) in [5, 5.41) is 3.83. The molecule has 1 atom stereocenters. The van der Waals surface area contributed by atoms with E-state index in [4.69, 9.17) is 9.26 Å². The van der Waals surface area contributed by atoms with Crippen LogP contribution in [0.4, 0.5) is 4.39 Å². The van der Waals surface area contributed by atoms with Crippen molar-refractivity contribution >= 4 is 5.97 Å². The zero-order valence-corrected chi connectivity index (χ0v) is 13.7. The maximum absolute atomic E-state index is 13.2. The van der Waals surface area contributed by atoms with Gasteiger partial charge in [0, 0.05) is 19.0 Å². The molecular weight excluding hydrogens is 313 g/mol. The molecule has 3 rings (SSSR count). The van der Waals surface area contributed by atoms with E-state index >= 15 is 0 Å². The van der Waals surface area contributed by atoms with Crippen LogP contribution in [0.1, 0.15) is 42.1 Å². The number of benzene rings is 1. The fraction of sp³-hybridized carbons (Fsp3) is 0.471. The topological polar surface area (TPSA) is 68.5 Å². The Kier molecular flexibility index (Phi) is 4.89. The molecule has 1 aromatic carbocycles. The number of aromatic nitrogens is 2. The number of piperidine rings is 1. The van der Waals surface area contributed by atoms with Crippen molar-refractivity contribution in [2.75, 3.05) is 20.2 Å². The van der Waals surface area contributed by atoms with Crippen LogP contribution < -0.4 is 0 Å². The quantitative estimate of drug-likeness (QED) is 0.801. The zero-order valence-electron chi connectivity index (χ0n) is 13.7. The van der Waals surface area contributed by atoms with Crippen LogP contribution in [0, 0.1) is 12.7 Å². The summed E-state index contributed by atoms with van der Waals surface area (Å²) in [6.45, 7) is 3.19. The van der Waals surface area contributed by atoms with Gasteiger partial charge in [-0.05, 0) is 37.5 Å². The number of methoxy groups -OCH3 is 1. The minimum atomic E-state index is -0.527. The first kappa shape index (κ1) is 16.6. The average Bonchev–Trinajstić information content (AvgIpc) is 3.03. The summed E-state index contributed by atoms with van der Waals surface area (Å²) in [7, 11) is 1.37. The van der Waals surface area contributed by atoms with Crippen LogP contribution in [0.3, 0.4) is 0 Å². The number of halogens is 1. The molecule has 1 fully saturated rings. The summed E-state index contributed by atoms with van der Waals surface area (Å²) in [5.41, 5.74) is 0.732. The van der Waals surface area contributed by atoms with Gasteiger partial charge >= 0.3 is 5.97 Å². The molecule has 0 spiro atoms. The van der Waals surface area contributed by atoms with Crippen molar-refractivity contribution in [2.24, 2.45) is 0 Å². The van der Waals surface area contributed by atoms with Gasteiger partial charge < -0.3 is 9.26 Å². The third-order valence-electron chi connectivity index (χ3n) is 4.40. The second-order valence-electron chi connectivity index (χ2n) is 5.97. The van der Waals surface area contributed by atoms with E-state index in [1.165, 1.54) is 19.2 Å². The molecular formula is C17H20FN3O3. The molecule has 6 nitrogen and oxygen atoms in total. The Hall–Kier alpha value is -2.28. The predicted octanol–water partition coefficient (Wildman–Crippen LogP) is 2.61. The Bertz CT molecular complexity index is 693. The predicted molar refractivity (Wildman–Crippen MR) is 83.7 cm³/mol. The zero-order chi connectivity index (χ0) is 17.1. The molecule has 24 heavy (non-hydrogen) atoms. The van der Waals surface area contributed by atoms with Gasteiger partial charge in [-0.2, -0.15) is 4.98 Å². The van der Waals surface area contributed by atoms with Crippen molar-refractivity contribution in [1.82, 2.24) is 15.0 Å². The summed E-state index contributed by atoms with van der Waals surface area (Å²) in [4.78, 5) is 18.6. The fourth-order valence-corrected chi connectivity index (χ4v) is 3.14. The molecule has 1 aromatic heterocycles. The molecule has 0 unspecified atom stereocenters. The number of carbonyl (C=O) groups is 1. The lowest BCUT2D eigenvalue weighted by Crippen LogP contribution is -2.40. The smallest absolute Gasteiger partial charge is 0.327 e. The Morgan fingerprint density at radius 3 is 2.54 bits per heavy atom. The number of carbonyl (C=O) groups excluding carboxylic acids is 1. The molecule has 0 radical (unpaired) electrons.